The minimum Gasteiger partial charge on any atom is -0.480 e. The fourth-order valence-corrected chi connectivity index (χ4v) is 2.50. The van der Waals surface area contributed by atoms with Crippen molar-refractivity contribution in [2.75, 3.05) is 6.54 Å². The van der Waals surface area contributed by atoms with Crippen LogP contribution in [0.4, 0.5) is 0 Å². The molecule has 0 aromatic carbocycles. The number of aromatic nitrogens is 1. The first-order chi connectivity index (χ1) is 9.49. The van der Waals surface area contributed by atoms with E-state index in [1.807, 2.05) is 0 Å². The van der Waals surface area contributed by atoms with Crippen LogP contribution in [0, 0.1) is 5.92 Å². The molecule has 0 unspecified atom stereocenters. The second-order valence-corrected chi connectivity index (χ2v) is 5.63. The fraction of sp³-hybridized carbons (Fsp3) is 0.643. The zero-order chi connectivity index (χ0) is 14.7. The number of hydrogen-bond donors (Lipinski definition) is 1. The molecule has 6 nitrogen and oxygen atoms in total. The summed E-state index contributed by atoms with van der Waals surface area (Å²) in [5.41, 5.74) is 0.729. The Bertz CT molecular complexity index is 495. The van der Waals surface area contributed by atoms with E-state index in [9.17, 15) is 14.7 Å². The number of aliphatic carboxylic acids is 1. The van der Waals surface area contributed by atoms with Gasteiger partial charge >= 0.3 is 5.97 Å². The highest BCUT2D eigenvalue weighted by Gasteiger charge is 2.34. The zero-order valence-corrected chi connectivity index (χ0v) is 11.8. The highest BCUT2D eigenvalue weighted by atomic mass is 16.5. The largest absolute Gasteiger partial charge is 0.480 e. The Balaban J connectivity index is 2.12. The number of nitrogens with zero attached hydrogens (tertiary/aromatic N) is 2. The third kappa shape index (κ3) is 3.18. The molecular formula is C14H20N2O4. The number of carbonyl (C=O) groups excluding carboxylic acids is 1. The van der Waals surface area contributed by atoms with Crippen LogP contribution in [0.2, 0.25) is 0 Å². The molecule has 0 bridgehead atoms. The van der Waals surface area contributed by atoms with Crippen molar-refractivity contribution in [1.29, 1.82) is 0 Å². The van der Waals surface area contributed by atoms with Crippen molar-refractivity contribution in [1.82, 2.24) is 10.1 Å². The average Bonchev–Trinajstić information content (AvgIpc) is 2.85. The van der Waals surface area contributed by atoms with Crippen LogP contribution in [0.15, 0.2) is 10.6 Å². The third-order valence-electron chi connectivity index (χ3n) is 3.44. The molecule has 1 fully saturated rings. The number of likely N-dealkylation sites (tertiary alicyclic amines) is 1. The molecular weight excluding hydrogens is 260 g/mol. The molecule has 1 amide bonds. The van der Waals surface area contributed by atoms with E-state index in [2.05, 4.69) is 19.0 Å². The van der Waals surface area contributed by atoms with Gasteiger partial charge in [-0.25, -0.2) is 4.79 Å². The molecule has 1 saturated heterocycles. The SMILES string of the molecule is CC(C)Cc1cc(C(=O)N2CCCC[C@@H]2C(=O)O)on1. The quantitative estimate of drug-likeness (QED) is 0.911. The normalized spacial score (nSPS) is 19.4. The zero-order valence-electron chi connectivity index (χ0n) is 11.8. The van der Waals surface area contributed by atoms with E-state index < -0.39 is 12.0 Å². The van der Waals surface area contributed by atoms with Crippen LogP contribution in [-0.2, 0) is 11.2 Å². The molecule has 0 radical (unpaired) electrons. The molecule has 1 aromatic rings. The maximum Gasteiger partial charge on any atom is 0.326 e. The van der Waals surface area contributed by atoms with Gasteiger partial charge < -0.3 is 14.5 Å². The highest BCUT2D eigenvalue weighted by molar-refractivity contribution is 5.94. The van der Waals surface area contributed by atoms with Gasteiger partial charge in [0.15, 0.2) is 0 Å². The summed E-state index contributed by atoms with van der Waals surface area (Å²) in [5, 5.41) is 13.1. The van der Waals surface area contributed by atoms with Crippen LogP contribution in [0.5, 0.6) is 0 Å². The highest BCUT2D eigenvalue weighted by Crippen LogP contribution is 2.20. The number of amides is 1. The Morgan fingerprint density at radius 3 is 2.90 bits per heavy atom. The molecule has 1 atom stereocenters. The number of rotatable bonds is 4. The lowest BCUT2D eigenvalue weighted by atomic mass is 10.0. The van der Waals surface area contributed by atoms with Crippen LogP contribution in [-0.4, -0.2) is 39.6 Å². The van der Waals surface area contributed by atoms with Gasteiger partial charge in [-0.15, -0.1) is 0 Å². The predicted molar refractivity (Wildman–Crippen MR) is 71.4 cm³/mol. The molecule has 1 aliphatic heterocycles. The summed E-state index contributed by atoms with van der Waals surface area (Å²) in [5.74, 6) is -0.779. The molecule has 1 aliphatic rings. The number of piperidine rings is 1. The van der Waals surface area contributed by atoms with Gasteiger partial charge in [-0.05, 0) is 31.6 Å². The summed E-state index contributed by atoms with van der Waals surface area (Å²) >= 11 is 0. The minimum atomic E-state index is -0.958. The summed E-state index contributed by atoms with van der Waals surface area (Å²) in [6.07, 6.45) is 2.88. The van der Waals surface area contributed by atoms with Gasteiger partial charge in [0.05, 0.1) is 5.69 Å². The van der Waals surface area contributed by atoms with Crippen molar-refractivity contribution in [3.05, 3.63) is 17.5 Å². The van der Waals surface area contributed by atoms with Gasteiger partial charge in [-0.2, -0.15) is 0 Å². The van der Waals surface area contributed by atoms with E-state index in [0.29, 0.717) is 18.9 Å². The molecule has 2 rings (SSSR count). The molecule has 0 saturated carbocycles. The first-order valence-corrected chi connectivity index (χ1v) is 6.98. The van der Waals surface area contributed by atoms with Crippen LogP contribution >= 0.6 is 0 Å². The van der Waals surface area contributed by atoms with Gasteiger partial charge in [0.2, 0.25) is 5.76 Å². The van der Waals surface area contributed by atoms with Gasteiger partial charge in [0.1, 0.15) is 6.04 Å². The number of carboxylic acids is 1. The Morgan fingerprint density at radius 2 is 2.25 bits per heavy atom. The summed E-state index contributed by atoms with van der Waals surface area (Å²) in [6, 6.07) is 0.866. The summed E-state index contributed by atoms with van der Waals surface area (Å²) in [7, 11) is 0. The summed E-state index contributed by atoms with van der Waals surface area (Å²) in [4.78, 5) is 24.9. The van der Waals surface area contributed by atoms with Gasteiger partial charge in [0.25, 0.3) is 5.91 Å². The molecule has 0 spiro atoms. The molecule has 1 N–H and O–H groups in total. The Morgan fingerprint density at radius 1 is 1.50 bits per heavy atom. The number of carboxylic acid groups (broad SMARTS) is 1. The number of hydrogen-bond acceptors (Lipinski definition) is 4. The lowest BCUT2D eigenvalue weighted by Gasteiger charge is -2.31. The molecule has 20 heavy (non-hydrogen) atoms. The minimum absolute atomic E-state index is 0.133. The van der Waals surface area contributed by atoms with Crippen molar-refractivity contribution in [3.8, 4) is 0 Å². The van der Waals surface area contributed by atoms with Crippen molar-refractivity contribution < 1.29 is 19.2 Å². The van der Waals surface area contributed by atoms with Crippen molar-refractivity contribution in [2.24, 2.45) is 5.92 Å². The fourth-order valence-electron chi connectivity index (χ4n) is 2.50. The van der Waals surface area contributed by atoms with Crippen LogP contribution in [0.1, 0.15) is 49.4 Å². The third-order valence-corrected chi connectivity index (χ3v) is 3.44. The van der Waals surface area contributed by atoms with Crippen LogP contribution in [0.25, 0.3) is 0 Å². The smallest absolute Gasteiger partial charge is 0.326 e. The van der Waals surface area contributed by atoms with Gasteiger partial charge in [-0.1, -0.05) is 19.0 Å². The summed E-state index contributed by atoms with van der Waals surface area (Å²) < 4.78 is 5.07. The van der Waals surface area contributed by atoms with Gasteiger partial charge in [0, 0.05) is 12.6 Å². The average molecular weight is 280 g/mol. The second-order valence-electron chi connectivity index (χ2n) is 5.63. The monoisotopic (exact) mass is 280 g/mol. The first-order valence-electron chi connectivity index (χ1n) is 6.98. The number of carbonyl (C=O) groups is 2. The molecule has 6 heteroatoms. The lowest BCUT2D eigenvalue weighted by molar-refractivity contribution is -0.143. The Kier molecular flexibility index (Phi) is 4.42. The maximum absolute atomic E-state index is 12.3. The van der Waals surface area contributed by atoms with Crippen molar-refractivity contribution in [2.45, 2.75) is 45.6 Å². The first kappa shape index (κ1) is 14.6. The molecule has 2 heterocycles. The lowest BCUT2D eigenvalue weighted by Crippen LogP contribution is -2.47. The van der Waals surface area contributed by atoms with Crippen LogP contribution < -0.4 is 0 Å². The second kappa shape index (κ2) is 6.07. The van der Waals surface area contributed by atoms with E-state index in [1.54, 1.807) is 6.07 Å². The molecule has 1 aromatic heterocycles. The van der Waals surface area contributed by atoms with E-state index in [0.717, 1.165) is 25.0 Å². The van der Waals surface area contributed by atoms with Gasteiger partial charge in [-0.3, -0.25) is 4.79 Å². The summed E-state index contributed by atoms with van der Waals surface area (Å²) in [6.45, 7) is 4.57. The van der Waals surface area contributed by atoms with Crippen LogP contribution in [0.3, 0.4) is 0 Å². The predicted octanol–water partition coefficient (Wildman–Crippen LogP) is 1.95. The van der Waals surface area contributed by atoms with Crippen molar-refractivity contribution in [3.63, 3.8) is 0 Å². The Labute approximate surface area is 117 Å². The van der Waals surface area contributed by atoms with E-state index in [-0.39, 0.29) is 11.7 Å². The topological polar surface area (TPSA) is 83.6 Å². The van der Waals surface area contributed by atoms with E-state index >= 15 is 0 Å². The van der Waals surface area contributed by atoms with E-state index in [4.69, 9.17) is 4.52 Å². The molecule has 110 valence electrons. The maximum atomic E-state index is 12.3. The molecule has 0 aliphatic carbocycles. The Hall–Kier alpha value is -1.85. The van der Waals surface area contributed by atoms with Crippen molar-refractivity contribution >= 4 is 11.9 Å². The van der Waals surface area contributed by atoms with E-state index in [1.165, 1.54) is 4.90 Å². The standard InChI is InChI=1S/C14H20N2O4/c1-9(2)7-10-8-12(20-15-10)13(17)16-6-4-3-5-11(16)14(18)19/h8-9,11H,3-7H2,1-2H3,(H,18,19)/t11-/m1/s1.